The summed E-state index contributed by atoms with van der Waals surface area (Å²) in [5.41, 5.74) is -0.847. The van der Waals surface area contributed by atoms with Crippen LogP contribution in [0.1, 0.15) is 47.0 Å². The second-order valence-electron chi connectivity index (χ2n) is 5.82. The fourth-order valence-electron chi connectivity index (χ4n) is 2.49. The van der Waals surface area contributed by atoms with Crippen molar-refractivity contribution in [3.63, 3.8) is 0 Å². The van der Waals surface area contributed by atoms with Crippen LogP contribution in [0.4, 0.5) is 4.39 Å². The standard InChI is InChI=1S/C14H25FN2O2/c1-5-14(4)13(19)16-11(9-10(2)3)12(18)17(14)8-6-7-15/h10-11H,5-9H2,1-4H3,(H,16,19). The molecule has 1 N–H and O–H groups in total. The van der Waals surface area contributed by atoms with E-state index in [1.54, 1.807) is 11.8 Å². The monoisotopic (exact) mass is 272 g/mol. The van der Waals surface area contributed by atoms with Gasteiger partial charge < -0.3 is 10.2 Å². The Morgan fingerprint density at radius 1 is 1.42 bits per heavy atom. The Morgan fingerprint density at radius 2 is 2.05 bits per heavy atom. The average molecular weight is 272 g/mol. The fourth-order valence-corrected chi connectivity index (χ4v) is 2.49. The van der Waals surface area contributed by atoms with Crippen LogP contribution in [0.5, 0.6) is 0 Å². The van der Waals surface area contributed by atoms with Crippen LogP contribution in [0.2, 0.25) is 0 Å². The molecule has 0 spiro atoms. The third-order valence-electron chi connectivity index (χ3n) is 3.87. The molecule has 0 saturated carbocycles. The van der Waals surface area contributed by atoms with Crippen LogP contribution >= 0.6 is 0 Å². The van der Waals surface area contributed by atoms with Crippen molar-refractivity contribution in [2.24, 2.45) is 5.92 Å². The quantitative estimate of drug-likeness (QED) is 0.802. The molecule has 1 heterocycles. The number of hydrogen-bond acceptors (Lipinski definition) is 2. The van der Waals surface area contributed by atoms with Gasteiger partial charge in [0.2, 0.25) is 11.8 Å². The number of nitrogens with zero attached hydrogens (tertiary/aromatic N) is 1. The van der Waals surface area contributed by atoms with E-state index in [-0.39, 0.29) is 18.2 Å². The van der Waals surface area contributed by atoms with E-state index in [0.29, 0.717) is 25.3 Å². The first kappa shape index (κ1) is 15.9. The van der Waals surface area contributed by atoms with Gasteiger partial charge in [-0.05, 0) is 32.1 Å². The lowest BCUT2D eigenvalue weighted by molar-refractivity contribution is -0.157. The smallest absolute Gasteiger partial charge is 0.246 e. The summed E-state index contributed by atoms with van der Waals surface area (Å²) < 4.78 is 12.4. The van der Waals surface area contributed by atoms with Crippen LogP contribution in [0, 0.1) is 5.92 Å². The van der Waals surface area contributed by atoms with Gasteiger partial charge in [-0.15, -0.1) is 0 Å². The minimum Gasteiger partial charge on any atom is -0.342 e. The van der Waals surface area contributed by atoms with Crippen LogP contribution in [0.25, 0.3) is 0 Å². The van der Waals surface area contributed by atoms with E-state index >= 15 is 0 Å². The summed E-state index contributed by atoms with van der Waals surface area (Å²) in [4.78, 5) is 26.3. The van der Waals surface area contributed by atoms with Gasteiger partial charge in [0.25, 0.3) is 0 Å². The van der Waals surface area contributed by atoms with Gasteiger partial charge in [0.1, 0.15) is 11.6 Å². The lowest BCUT2D eigenvalue weighted by Gasteiger charge is -2.46. The van der Waals surface area contributed by atoms with Gasteiger partial charge in [0.05, 0.1) is 6.67 Å². The number of amides is 2. The summed E-state index contributed by atoms with van der Waals surface area (Å²) in [6.07, 6.45) is 1.44. The zero-order valence-corrected chi connectivity index (χ0v) is 12.3. The molecule has 19 heavy (non-hydrogen) atoms. The molecule has 5 heteroatoms. The Bertz CT molecular complexity index is 346. The van der Waals surface area contributed by atoms with E-state index in [1.807, 2.05) is 20.8 Å². The second kappa shape index (κ2) is 6.35. The van der Waals surface area contributed by atoms with Crippen molar-refractivity contribution in [2.45, 2.75) is 58.5 Å². The van der Waals surface area contributed by atoms with Gasteiger partial charge in [-0.25, -0.2) is 0 Å². The third-order valence-corrected chi connectivity index (χ3v) is 3.87. The highest BCUT2D eigenvalue weighted by Crippen LogP contribution is 2.27. The van der Waals surface area contributed by atoms with Gasteiger partial charge in [0.15, 0.2) is 0 Å². The van der Waals surface area contributed by atoms with Gasteiger partial charge in [-0.3, -0.25) is 14.0 Å². The number of hydrogen-bond donors (Lipinski definition) is 1. The zero-order valence-electron chi connectivity index (χ0n) is 12.3. The summed E-state index contributed by atoms with van der Waals surface area (Å²) >= 11 is 0. The number of rotatable bonds is 6. The number of carbonyl (C=O) groups is 2. The zero-order chi connectivity index (χ0) is 14.6. The predicted octanol–water partition coefficient (Wildman–Crippen LogP) is 1.89. The molecule has 0 radical (unpaired) electrons. The maximum atomic E-state index is 12.5. The second-order valence-corrected chi connectivity index (χ2v) is 5.82. The van der Waals surface area contributed by atoms with Gasteiger partial charge in [0, 0.05) is 6.54 Å². The number of halogens is 1. The summed E-state index contributed by atoms with van der Waals surface area (Å²) in [5, 5.41) is 2.82. The summed E-state index contributed by atoms with van der Waals surface area (Å²) in [5.74, 6) is 0.119. The van der Waals surface area contributed by atoms with Gasteiger partial charge in [-0.2, -0.15) is 0 Å². The molecular formula is C14H25FN2O2. The molecule has 1 aliphatic heterocycles. The molecule has 1 saturated heterocycles. The van der Waals surface area contributed by atoms with E-state index in [9.17, 15) is 14.0 Å². The number of carbonyl (C=O) groups excluding carboxylic acids is 2. The Balaban J connectivity index is 2.95. The van der Waals surface area contributed by atoms with Crippen molar-refractivity contribution < 1.29 is 14.0 Å². The Morgan fingerprint density at radius 3 is 2.53 bits per heavy atom. The van der Waals surface area contributed by atoms with Crippen LogP contribution in [0.15, 0.2) is 0 Å². The van der Waals surface area contributed by atoms with E-state index in [1.165, 1.54) is 0 Å². The highest BCUT2D eigenvalue weighted by atomic mass is 19.1. The fraction of sp³-hybridized carbons (Fsp3) is 0.857. The Hall–Kier alpha value is -1.13. The van der Waals surface area contributed by atoms with E-state index in [4.69, 9.17) is 0 Å². The minimum absolute atomic E-state index is 0.0777. The Labute approximate surface area is 114 Å². The first-order valence-electron chi connectivity index (χ1n) is 7.05. The molecule has 0 aromatic carbocycles. The molecule has 1 rings (SSSR count). The summed E-state index contributed by atoms with van der Waals surface area (Å²) in [7, 11) is 0. The summed E-state index contributed by atoms with van der Waals surface area (Å²) in [6, 6.07) is -0.466. The molecule has 0 aromatic heterocycles. The maximum absolute atomic E-state index is 12.5. The van der Waals surface area contributed by atoms with Crippen molar-refractivity contribution in [3.05, 3.63) is 0 Å². The van der Waals surface area contributed by atoms with Crippen molar-refractivity contribution in [2.75, 3.05) is 13.2 Å². The van der Waals surface area contributed by atoms with Crippen molar-refractivity contribution in [3.8, 4) is 0 Å². The Kier molecular flexibility index (Phi) is 5.32. The number of nitrogens with one attached hydrogen (secondary N) is 1. The lowest BCUT2D eigenvalue weighted by atomic mass is 9.88. The molecule has 2 atom stereocenters. The molecule has 0 aromatic rings. The van der Waals surface area contributed by atoms with Crippen molar-refractivity contribution in [1.82, 2.24) is 10.2 Å². The predicted molar refractivity (Wildman–Crippen MR) is 72.4 cm³/mol. The molecule has 2 amide bonds. The van der Waals surface area contributed by atoms with Gasteiger partial charge >= 0.3 is 0 Å². The SMILES string of the molecule is CCC1(C)C(=O)NC(CC(C)C)C(=O)N1CCCF. The maximum Gasteiger partial charge on any atom is 0.246 e. The molecule has 110 valence electrons. The van der Waals surface area contributed by atoms with Gasteiger partial charge in [-0.1, -0.05) is 20.8 Å². The molecule has 2 unspecified atom stereocenters. The largest absolute Gasteiger partial charge is 0.342 e. The van der Waals surface area contributed by atoms with Crippen LogP contribution in [-0.2, 0) is 9.59 Å². The molecule has 1 aliphatic rings. The molecular weight excluding hydrogens is 247 g/mol. The molecule has 0 bridgehead atoms. The van der Waals surface area contributed by atoms with Crippen molar-refractivity contribution in [1.29, 1.82) is 0 Å². The molecule has 0 aliphatic carbocycles. The molecule has 4 nitrogen and oxygen atoms in total. The van der Waals surface area contributed by atoms with E-state index in [0.717, 1.165) is 0 Å². The normalized spacial score (nSPS) is 27.9. The van der Waals surface area contributed by atoms with Crippen molar-refractivity contribution >= 4 is 11.8 Å². The van der Waals surface area contributed by atoms with Crippen LogP contribution in [0.3, 0.4) is 0 Å². The summed E-state index contributed by atoms with van der Waals surface area (Å²) in [6.45, 7) is 7.49. The number of piperazine rings is 1. The lowest BCUT2D eigenvalue weighted by Crippen LogP contribution is -2.69. The highest BCUT2D eigenvalue weighted by molar-refractivity contribution is 5.99. The third kappa shape index (κ3) is 3.25. The topological polar surface area (TPSA) is 49.4 Å². The highest BCUT2D eigenvalue weighted by Gasteiger charge is 2.47. The number of alkyl halides is 1. The van der Waals surface area contributed by atoms with Crippen LogP contribution in [-0.4, -0.2) is 41.5 Å². The average Bonchev–Trinajstić information content (AvgIpc) is 2.35. The van der Waals surface area contributed by atoms with E-state index in [2.05, 4.69) is 5.32 Å². The first-order valence-corrected chi connectivity index (χ1v) is 7.05. The first-order chi connectivity index (χ1) is 8.86. The van der Waals surface area contributed by atoms with E-state index < -0.39 is 18.3 Å². The van der Waals surface area contributed by atoms with Crippen LogP contribution < -0.4 is 5.32 Å². The molecule has 1 fully saturated rings. The minimum atomic E-state index is -0.847.